The number of benzene rings is 6. The van der Waals surface area contributed by atoms with Crippen LogP contribution >= 0.6 is 0 Å². The molecule has 244 valence electrons. The number of fused-ring (bicyclic) bond motifs is 4. The lowest BCUT2D eigenvalue weighted by Gasteiger charge is -2.26. The lowest BCUT2D eigenvalue weighted by Crippen LogP contribution is -2.25. The predicted octanol–water partition coefficient (Wildman–Crippen LogP) is 11.4. The third kappa shape index (κ3) is 5.26. The number of para-hydroxylation sites is 3. The van der Waals surface area contributed by atoms with Crippen LogP contribution in [0.5, 0.6) is 11.5 Å². The van der Waals surface area contributed by atoms with Crippen molar-refractivity contribution in [3.8, 4) is 28.6 Å². The first kappa shape index (κ1) is 29.8. The van der Waals surface area contributed by atoms with Gasteiger partial charge in [-0.3, -0.25) is 4.57 Å². The second kappa shape index (κ2) is 11.7. The van der Waals surface area contributed by atoms with E-state index in [4.69, 9.17) is 14.1 Å². The van der Waals surface area contributed by atoms with Gasteiger partial charge in [-0.15, -0.1) is 0 Å². The van der Waals surface area contributed by atoms with Crippen molar-refractivity contribution < 1.29 is 9.15 Å². The molecule has 6 nitrogen and oxygen atoms in total. The Labute approximate surface area is 291 Å². The minimum absolute atomic E-state index is 0.0563. The molecule has 0 amide bonds. The quantitative estimate of drug-likeness (QED) is 0.179. The van der Waals surface area contributed by atoms with Crippen LogP contribution < -0.4 is 14.5 Å². The molecule has 0 bridgehead atoms. The summed E-state index contributed by atoms with van der Waals surface area (Å²) in [6.07, 6.45) is 4.29. The van der Waals surface area contributed by atoms with Gasteiger partial charge in [-0.05, 0) is 71.1 Å². The molecule has 8 aromatic rings. The maximum atomic E-state index is 6.54. The average molecular weight is 653 g/mol. The fraction of sp³-hybridized carbons (Fsp3) is 0.114. The zero-order chi connectivity index (χ0) is 33.8. The van der Waals surface area contributed by atoms with Crippen LogP contribution in [-0.4, -0.2) is 16.2 Å². The molecular formula is C44H36N4O2. The van der Waals surface area contributed by atoms with Crippen LogP contribution in [-0.2, 0) is 5.41 Å². The summed E-state index contributed by atoms with van der Waals surface area (Å²) in [4.78, 5) is 9.38. The van der Waals surface area contributed by atoms with E-state index in [0.29, 0.717) is 12.7 Å². The van der Waals surface area contributed by atoms with Gasteiger partial charge in [-0.1, -0.05) is 93.6 Å². The molecule has 0 saturated carbocycles. The molecule has 0 atom stereocenters. The Morgan fingerprint density at radius 1 is 0.640 bits per heavy atom. The van der Waals surface area contributed by atoms with Crippen LogP contribution in [0.1, 0.15) is 26.3 Å². The van der Waals surface area contributed by atoms with Gasteiger partial charge in [-0.25, -0.2) is 0 Å². The number of nitrogens with zero attached hydrogens (tertiary/aromatic N) is 4. The molecule has 1 aliphatic rings. The smallest absolute Gasteiger partial charge is 0.307 e. The van der Waals surface area contributed by atoms with Crippen LogP contribution in [0.2, 0.25) is 0 Å². The van der Waals surface area contributed by atoms with E-state index in [1.165, 1.54) is 22.4 Å². The molecule has 0 saturated heterocycles. The summed E-state index contributed by atoms with van der Waals surface area (Å²) in [5, 5.41) is 2.24. The highest BCUT2D eigenvalue weighted by atomic mass is 16.5. The number of anilines is 2. The number of hydrogen-bond donors (Lipinski definition) is 0. The summed E-state index contributed by atoms with van der Waals surface area (Å²) in [5.41, 5.74) is 9.62. The molecule has 2 aromatic heterocycles. The Hall–Kier alpha value is -6.27. The molecule has 0 unspecified atom stereocenters. The zero-order valence-electron chi connectivity index (χ0n) is 28.2. The third-order valence-corrected chi connectivity index (χ3v) is 9.49. The minimum Gasteiger partial charge on any atom is -0.457 e. The van der Waals surface area contributed by atoms with Gasteiger partial charge in [-0.2, -0.15) is 4.98 Å². The van der Waals surface area contributed by atoms with Gasteiger partial charge in [0.1, 0.15) is 17.0 Å². The molecule has 0 aliphatic carbocycles. The second-order valence-electron chi connectivity index (χ2n) is 13.8. The lowest BCUT2D eigenvalue weighted by molar-refractivity contribution is 0.483. The molecule has 6 heteroatoms. The minimum atomic E-state index is 0.0563. The van der Waals surface area contributed by atoms with Gasteiger partial charge in [0.2, 0.25) is 0 Å². The Kier molecular flexibility index (Phi) is 6.99. The third-order valence-electron chi connectivity index (χ3n) is 9.49. The van der Waals surface area contributed by atoms with Gasteiger partial charge < -0.3 is 19.0 Å². The van der Waals surface area contributed by atoms with Crippen LogP contribution in [0.3, 0.4) is 0 Å². The highest BCUT2D eigenvalue weighted by Crippen LogP contribution is 2.39. The lowest BCUT2D eigenvalue weighted by atomic mass is 9.85. The summed E-state index contributed by atoms with van der Waals surface area (Å²) >= 11 is 0. The number of rotatable bonds is 6. The van der Waals surface area contributed by atoms with Crippen LogP contribution in [0, 0.1) is 0 Å². The van der Waals surface area contributed by atoms with Gasteiger partial charge in [0.15, 0.2) is 5.58 Å². The van der Waals surface area contributed by atoms with Gasteiger partial charge in [0.05, 0.1) is 23.4 Å². The molecule has 50 heavy (non-hydrogen) atoms. The highest BCUT2D eigenvalue weighted by molar-refractivity contribution is 6.09. The Morgan fingerprint density at radius 2 is 1.40 bits per heavy atom. The van der Waals surface area contributed by atoms with E-state index in [1.54, 1.807) is 0 Å². The SMILES string of the molecule is CC(C)(C)c1ccc(N2C=CN(c3cccc(Oc4ccc5c6ccccc6n(-c6nc7ccccc7o6)c5c4)c3)C2)c(-c2ccccc2)c1. The maximum absolute atomic E-state index is 6.54. The molecule has 6 aromatic carbocycles. The number of ether oxygens (including phenoxy) is 1. The first-order chi connectivity index (χ1) is 24.4. The van der Waals surface area contributed by atoms with Crippen molar-refractivity contribution in [3.05, 3.63) is 157 Å². The van der Waals surface area contributed by atoms with Crippen molar-refractivity contribution in [1.29, 1.82) is 0 Å². The highest BCUT2D eigenvalue weighted by Gasteiger charge is 2.22. The van der Waals surface area contributed by atoms with E-state index in [1.807, 2.05) is 48.5 Å². The summed E-state index contributed by atoms with van der Waals surface area (Å²) in [6, 6.07) is 48.7. The van der Waals surface area contributed by atoms with Gasteiger partial charge >= 0.3 is 6.01 Å². The predicted molar refractivity (Wildman–Crippen MR) is 204 cm³/mol. The number of oxazole rings is 1. The molecule has 0 N–H and O–H groups in total. The molecule has 9 rings (SSSR count). The topological polar surface area (TPSA) is 46.7 Å². The van der Waals surface area contributed by atoms with Crippen LogP contribution in [0.15, 0.2) is 156 Å². The molecule has 0 fully saturated rings. The summed E-state index contributed by atoms with van der Waals surface area (Å²) in [5.74, 6) is 1.50. The van der Waals surface area contributed by atoms with Crippen molar-refractivity contribution in [1.82, 2.24) is 9.55 Å². The van der Waals surface area contributed by atoms with Crippen molar-refractivity contribution >= 4 is 44.3 Å². The van der Waals surface area contributed by atoms with Crippen LogP contribution in [0.25, 0.3) is 50.0 Å². The summed E-state index contributed by atoms with van der Waals surface area (Å²) in [7, 11) is 0. The summed E-state index contributed by atoms with van der Waals surface area (Å²) in [6.45, 7) is 7.48. The standard InChI is InChI=1S/C44H36N4O2/c1-44(2,3)31-20-23-39(37(26-31)30-12-5-4-6-13-30)47-25-24-46(29-47)32-14-11-15-33(27-32)49-34-21-22-36-35-16-7-9-18-40(35)48(41(36)28-34)43-45-38-17-8-10-19-42(38)50-43/h4-28H,29H2,1-3H3. The van der Waals surface area contributed by atoms with Gasteiger partial charge in [0, 0.05) is 46.6 Å². The van der Waals surface area contributed by atoms with Gasteiger partial charge in [0.25, 0.3) is 0 Å². The average Bonchev–Trinajstić information content (AvgIpc) is 3.87. The monoisotopic (exact) mass is 652 g/mol. The fourth-order valence-electron chi connectivity index (χ4n) is 6.88. The molecular weight excluding hydrogens is 617 g/mol. The van der Waals surface area contributed by atoms with E-state index in [0.717, 1.165) is 50.1 Å². The second-order valence-corrected chi connectivity index (χ2v) is 13.8. The Morgan fingerprint density at radius 3 is 2.26 bits per heavy atom. The van der Waals surface area contributed by atoms with Crippen LogP contribution in [0.4, 0.5) is 11.4 Å². The maximum Gasteiger partial charge on any atom is 0.307 e. The number of hydrogen-bond acceptors (Lipinski definition) is 5. The van der Waals surface area contributed by atoms with E-state index >= 15 is 0 Å². The van der Waals surface area contributed by atoms with E-state index < -0.39 is 0 Å². The van der Waals surface area contributed by atoms with E-state index in [-0.39, 0.29) is 5.41 Å². The molecule has 1 aliphatic heterocycles. The zero-order valence-corrected chi connectivity index (χ0v) is 28.2. The molecule has 0 spiro atoms. The normalized spacial score (nSPS) is 13.3. The number of aromatic nitrogens is 2. The summed E-state index contributed by atoms with van der Waals surface area (Å²) < 4.78 is 14.9. The fourth-order valence-corrected chi connectivity index (χ4v) is 6.88. The van der Waals surface area contributed by atoms with Crippen molar-refractivity contribution in [2.24, 2.45) is 0 Å². The Balaban J connectivity index is 1.01. The van der Waals surface area contributed by atoms with E-state index in [9.17, 15) is 0 Å². The molecule has 3 heterocycles. The Bertz CT molecular complexity index is 2520. The van der Waals surface area contributed by atoms with E-state index in [2.05, 4.69) is 139 Å². The van der Waals surface area contributed by atoms with Crippen molar-refractivity contribution in [2.45, 2.75) is 26.2 Å². The van der Waals surface area contributed by atoms with Crippen molar-refractivity contribution in [2.75, 3.05) is 16.5 Å². The first-order valence-corrected chi connectivity index (χ1v) is 17.0. The molecule has 0 radical (unpaired) electrons. The van der Waals surface area contributed by atoms with Crippen molar-refractivity contribution in [3.63, 3.8) is 0 Å². The first-order valence-electron chi connectivity index (χ1n) is 17.0. The largest absolute Gasteiger partial charge is 0.457 e.